The quantitative estimate of drug-likeness (QED) is 0.470. The van der Waals surface area contributed by atoms with Crippen LogP contribution in [0.3, 0.4) is 0 Å². The van der Waals surface area contributed by atoms with Gasteiger partial charge in [0.1, 0.15) is 13.2 Å². The molecule has 0 N–H and O–H groups in total. The van der Waals surface area contributed by atoms with Gasteiger partial charge < -0.3 is 19.1 Å². The standard InChI is InChI=1S/C11H15NO6/c1-16-10(14)2-3-11(15)18-7-5-12-4-6-17-8-9(12)13/h2-3H,4-8H2,1H3/b3-2+. The van der Waals surface area contributed by atoms with Crippen molar-refractivity contribution in [2.24, 2.45) is 0 Å². The Morgan fingerprint density at radius 2 is 2.11 bits per heavy atom. The Labute approximate surface area is 104 Å². The van der Waals surface area contributed by atoms with E-state index >= 15 is 0 Å². The number of rotatable bonds is 5. The number of nitrogens with zero attached hydrogens (tertiary/aromatic N) is 1. The Bertz CT molecular complexity index is 351. The highest BCUT2D eigenvalue weighted by Gasteiger charge is 2.18. The summed E-state index contributed by atoms with van der Waals surface area (Å²) < 4.78 is 14.1. The van der Waals surface area contributed by atoms with Gasteiger partial charge in [0.2, 0.25) is 5.91 Å². The van der Waals surface area contributed by atoms with Crippen molar-refractivity contribution in [3.8, 4) is 0 Å². The molecule has 0 bridgehead atoms. The summed E-state index contributed by atoms with van der Waals surface area (Å²) in [5.41, 5.74) is 0. The molecule has 0 unspecified atom stereocenters. The molecule has 0 aliphatic carbocycles. The SMILES string of the molecule is COC(=O)/C=C/C(=O)OCCN1CCOCC1=O. The van der Waals surface area contributed by atoms with Crippen molar-refractivity contribution < 1.29 is 28.6 Å². The van der Waals surface area contributed by atoms with E-state index in [2.05, 4.69) is 4.74 Å². The van der Waals surface area contributed by atoms with Crippen LogP contribution in [-0.2, 0) is 28.6 Å². The minimum atomic E-state index is -0.652. The lowest BCUT2D eigenvalue weighted by Crippen LogP contribution is -2.43. The number of hydrogen-bond acceptors (Lipinski definition) is 6. The lowest BCUT2D eigenvalue weighted by molar-refractivity contribution is -0.147. The van der Waals surface area contributed by atoms with Gasteiger partial charge in [0.15, 0.2) is 0 Å². The lowest BCUT2D eigenvalue weighted by atomic mass is 10.4. The van der Waals surface area contributed by atoms with Crippen LogP contribution in [0.1, 0.15) is 0 Å². The molecule has 0 atom stereocenters. The summed E-state index contributed by atoms with van der Waals surface area (Å²) in [5.74, 6) is -1.40. The number of methoxy groups -OCH3 is 1. The largest absolute Gasteiger partial charge is 0.466 e. The maximum absolute atomic E-state index is 11.3. The monoisotopic (exact) mass is 257 g/mol. The smallest absolute Gasteiger partial charge is 0.331 e. The van der Waals surface area contributed by atoms with E-state index in [0.29, 0.717) is 19.7 Å². The molecule has 100 valence electrons. The third-order valence-corrected chi connectivity index (χ3v) is 2.25. The fraction of sp³-hybridized carbons (Fsp3) is 0.545. The van der Waals surface area contributed by atoms with Gasteiger partial charge in [0, 0.05) is 18.7 Å². The molecule has 1 aliphatic rings. The second-order valence-electron chi connectivity index (χ2n) is 3.46. The number of carbonyl (C=O) groups excluding carboxylic acids is 3. The highest BCUT2D eigenvalue weighted by molar-refractivity contribution is 5.91. The van der Waals surface area contributed by atoms with Crippen molar-refractivity contribution in [2.75, 3.05) is 40.0 Å². The molecule has 1 amide bonds. The van der Waals surface area contributed by atoms with Crippen molar-refractivity contribution in [2.45, 2.75) is 0 Å². The van der Waals surface area contributed by atoms with Crippen molar-refractivity contribution in [1.82, 2.24) is 4.90 Å². The number of esters is 2. The van der Waals surface area contributed by atoms with Gasteiger partial charge in [-0.3, -0.25) is 4.79 Å². The first-order chi connectivity index (χ1) is 8.63. The van der Waals surface area contributed by atoms with Crippen molar-refractivity contribution >= 4 is 17.8 Å². The Morgan fingerprint density at radius 1 is 1.39 bits per heavy atom. The van der Waals surface area contributed by atoms with Crippen LogP contribution in [0.5, 0.6) is 0 Å². The number of carbonyl (C=O) groups is 3. The predicted octanol–water partition coefficient (Wildman–Crippen LogP) is -0.882. The Kier molecular flexibility index (Phi) is 5.86. The summed E-state index contributed by atoms with van der Waals surface area (Å²) in [4.78, 5) is 34.7. The molecule has 0 radical (unpaired) electrons. The van der Waals surface area contributed by atoms with Gasteiger partial charge in [-0.15, -0.1) is 0 Å². The first-order valence-electron chi connectivity index (χ1n) is 5.42. The zero-order valence-electron chi connectivity index (χ0n) is 10.1. The van der Waals surface area contributed by atoms with Crippen LogP contribution in [0.4, 0.5) is 0 Å². The number of hydrogen-bond donors (Lipinski definition) is 0. The minimum Gasteiger partial charge on any atom is -0.466 e. The van der Waals surface area contributed by atoms with E-state index in [0.717, 1.165) is 12.2 Å². The molecule has 1 rings (SSSR count). The molecule has 0 aromatic heterocycles. The Hall–Kier alpha value is -1.89. The zero-order chi connectivity index (χ0) is 13.4. The minimum absolute atomic E-state index is 0.0657. The van der Waals surface area contributed by atoms with Crippen molar-refractivity contribution in [3.63, 3.8) is 0 Å². The van der Waals surface area contributed by atoms with Gasteiger partial charge in [0.25, 0.3) is 0 Å². The van der Waals surface area contributed by atoms with Gasteiger partial charge in [-0.25, -0.2) is 9.59 Å². The second-order valence-corrected chi connectivity index (χ2v) is 3.46. The maximum Gasteiger partial charge on any atom is 0.331 e. The first-order valence-corrected chi connectivity index (χ1v) is 5.42. The molecule has 0 saturated carbocycles. The van der Waals surface area contributed by atoms with Gasteiger partial charge in [0.05, 0.1) is 20.3 Å². The predicted molar refractivity (Wildman–Crippen MR) is 59.5 cm³/mol. The first kappa shape index (κ1) is 14.2. The van der Waals surface area contributed by atoms with E-state index in [1.807, 2.05) is 0 Å². The van der Waals surface area contributed by atoms with E-state index in [-0.39, 0.29) is 19.1 Å². The van der Waals surface area contributed by atoms with E-state index < -0.39 is 11.9 Å². The van der Waals surface area contributed by atoms with Crippen LogP contribution < -0.4 is 0 Å². The summed E-state index contributed by atoms with van der Waals surface area (Å²) in [6.07, 6.45) is 1.95. The summed E-state index contributed by atoms with van der Waals surface area (Å²) in [6, 6.07) is 0. The molecule has 1 aliphatic heterocycles. The second kappa shape index (κ2) is 7.44. The summed E-state index contributed by atoms with van der Waals surface area (Å²) in [6.45, 7) is 1.45. The fourth-order valence-corrected chi connectivity index (χ4v) is 1.30. The van der Waals surface area contributed by atoms with Crippen LogP contribution in [-0.4, -0.2) is 62.8 Å². The summed E-state index contributed by atoms with van der Waals surface area (Å²) in [7, 11) is 1.21. The number of amides is 1. The van der Waals surface area contributed by atoms with Gasteiger partial charge in [-0.05, 0) is 0 Å². The van der Waals surface area contributed by atoms with E-state index in [9.17, 15) is 14.4 Å². The third-order valence-electron chi connectivity index (χ3n) is 2.25. The van der Waals surface area contributed by atoms with Crippen LogP contribution in [0, 0.1) is 0 Å². The molecule has 7 heteroatoms. The van der Waals surface area contributed by atoms with E-state index in [1.165, 1.54) is 7.11 Å². The topological polar surface area (TPSA) is 82.1 Å². The third kappa shape index (κ3) is 4.96. The molecular weight excluding hydrogens is 242 g/mol. The molecule has 0 aromatic carbocycles. The highest BCUT2D eigenvalue weighted by Crippen LogP contribution is 1.98. The zero-order valence-corrected chi connectivity index (χ0v) is 10.1. The van der Waals surface area contributed by atoms with Crippen LogP contribution in [0.2, 0.25) is 0 Å². The number of morpholine rings is 1. The molecule has 18 heavy (non-hydrogen) atoms. The Balaban J connectivity index is 2.20. The molecule has 1 saturated heterocycles. The van der Waals surface area contributed by atoms with E-state index in [1.54, 1.807) is 4.90 Å². The molecule has 1 heterocycles. The molecule has 0 spiro atoms. The van der Waals surface area contributed by atoms with Crippen LogP contribution in [0.15, 0.2) is 12.2 Å². The van der Waals surface area contributed by atoms with Crippen molar-refractivity contribution in [3.05, 3.63) is 12.2 Å². The molecule has 0 aromatic rings. The normalized spacial score (nSPS) is 15.8. The van der Waals surface area contributed by atoms with Gasteiger partial charge >= 0.3 is 11.9 Å². The average Bonchev–Trinajstić information content (AvgIpc) is 2.38. The molecule has 1 fully saturated rings. The van der Waals surface area contributed by atoms with E-state index in [4.69, 9.17) is 9.47 Å². The lowest BCUT2D eigenvalue weighted by Gasteiger charge is -2.26. The highest BCUT2D eigenvalue weighted by atomic mass is 16.5. The number of ether oxygens (including phenoxy) is 3. The summed E-state index contributed by atoms with van der Waals surface area (Å²) >= 11 is 0. The summed E-state index contributed by atoms with van der Waals surface area (Å²) in [5, 5.41) is 0. The Morgan fingerprint density at radius 3 is 2.78 bits per heavy atom. The fourth-order valence-electron chi connectivity index (χ4n) is 1.30. The van der Waals surface area contributed by atoms with Crippen LogP contribution >= 0.6 is 0 Å². The van der Waals surface area contributed by atoms with Gasteiger partial charge in [-0.2, -0.15) is 0 Å². The van der Waals surface area contributed by atoms with Crippen LogP contribution in [0.25, 0.3) is 0 Å². The molecule has 7 nitrogen and oxygen atoms in total. The van der Waals surface area contributed by atoms with Crippen molar-refractivity contribution in [1.29, 1.82) is 0 Å². The van der Waals surface area contributed by atoms with Gasteiger partial charge in [-0.1, -0.05) is 0 Å². The maximum atomic E-state index is 11.3. The molecular formula is C11H15NO6. The average molecular weight is 257 g/mol.